The SMILES string of the molecule is NNc1nc(Cn2cc(Br)c([N+](=O)[O-])n2)nc2sccc12. The van der Waals surface area contributed by atoms with Gasteiger partial charge in [0.1, 0.15) is 15.8 Å². The van der Waals surface area contributed by atoms with Crippen molar-refractivity contribution >= 4 is 49.1 Å². The van der Waals surface area contributed by atoms with Crippen LogP contribution in [0.5, 0.6) is 0 Å². The number of hydrogen-bond acceptors (Lipinski definition) is 8. The molecule has 0 spiro atoms. The van der Waals surface area contributed by atoms with Crippen LogP contribution in [0.3, 0.4) is 0 Å². The first kappa shape index (κ1) is 13.9. The zero-order valence-corrected chi connectivity index (χ0v) is 12.8. The van der Waals surface area contributed by atoms with Gasteiger partial charge in [-0.15, -0.1) is 11.3 Å². The van der Waals surface area contributed by atoms with Crippen molar-refractivity contribution in [2.24, 2.45) is 5.84 Å². The Balaban J connectivity index is 1.97. The van der Waals surface area contributed by atoms with Crippen molar-refractivity contribution < 1.29 is 4.92 Å². The Morgan fingerprint density at radius 1 is 1.52 bits per heavy atom. The standard InChI is InChI=1S/C10H8BrN7O2S/c11-6-3-17(16-9(6)18(19)20)4-7-13-8(15-12)5-1-2-21-10(5)14-7/h1-3H,4,12H2,(H,13,14,15). The summed E-state index contributed by atoms with van der Waals surface area (Å²) in [6.07, 6.45) is 1.51. The quantitative estimate of drug-likeness (QED) is 0.408. The van der Waals surface area contributed by atoms with Crippen molar-refractivity contribution in [3.8, 4) is 0 Å². The molecule has 11 heteroatoms. The highest BCUT2D eigenvalue weighted by Crippen LogP contribution is 2.25. The lowest BCUT2D eigenvalue weighted by Crippen LogP contribution is -2.12. The molecule has 3 N–H and O–H groups in total. The molecule has 0 aliphatic heterocycles. The summed E-state index contributed by atoms with van der Waals surface area (Å²) in [5.41, 5.74) is 2.53. The molecule has 21 heavy (non-hydrogen) atoms. The molecule has 0 aliphatic rings. The van der Waals surface area contributed by atoms with Crippen LogP contribution in [0.15, 0.2) is 22.1 Å². The first-order valence-electron chi connectivity index (χ1n) is 5.66. The monoisotopic (exact) mass is 369 g/mol. The Morgan fingerprint density at radius 2 is 2.33 bits per heavy atom. The number of nitrogen functional groups attached to an aromatic ring is 1. The van der Waals surface area contributed by atoms with E-state index in [1.807, 2.05) is 11.4 Å². The zero-order valence-electron chi connectivity index (χ0n) is 10.4. The topological polar surface area (TPSA) is 125 Å². The highest BCUT2D eigenvalue weighted by atomic mass is 79.9. The molecule has 3 rings (SSSR count). The van der Waals surface area contributed by atoms with E-state index in [9.17, 15) is 10.1 Å². The van der Waals surface area contributed by atoms with Crippen molar-refractivity contribution in [3.63, 3.8) is 0 Å². The number of nitrogens with zero attached hydrogens (tertiary/aromatic N) is 5. The summed E-state index contributed by atoms with van der Waals surface area (Å²) in [6.45, 7) is 0.203. The molecular weight excluding hydrogens is 362 g/mol. The third-order valence-electron chi connectivity index (χ3n) is 2.68. The largest absolute Gasteiger partial charge is 0.404 e. The molecule has 3 aromatic heterocycles. The molecule has 0 aliphatic carbocycles. The summed E-state index contributed by atoms with van der Waals surface area (Å²) in [7, 11) is 0. The normalized spacial score (nSPS) is 11.0. The first-order valence-corrected chi connectivity index (χ1v) is 7.34. The number of fused-ring (bicyclic) bond motifs is 1. The van der Waals surface area contributed by atoms with Crippen LogP contribution in [0, 0.1) is 10.1 Å². The van der Waals surface area contributed by atoms with Crippen LogP contribution in [0.1, 0.15) is 5.82 Å². The molecular formula is C10H8BrN7O2S. The number of anilines is 1. The second-order valence-corrected chi connectivity index (χ2v) is 5.78. The van der Waals surface area contributed by atoms with Gasteiger partial charge in [-0.05, 0) is 32.3 Å². The lowest BCUT2D eigenvalue weighted by atomic mass is 10.4. The van der Waals surface area contributed by atoms with Gasteiger partial charge in [0, 0.05) is 0 Å². The number of rotatable bonds is 4. The van der Waals surface area contributed by atoms with Gasteiger partial charge in [-0.1, -0.05) is 0 Å². The van der Waals surface area contributed by atoms with E-state index in [0.717, 1.165) is 10.2 Å². The van der Waals surface area contributed by atoms with Crippen LogP contribution in [0.25, 0.3) is 10.2 Å². The van der Waals surface area contributed by atoms with Gasteiger partial charge in [-0.25, -0.2) is 15.8 Å². The Hall–Kier alpha value is -2.11. The maximum absolute atomic E-state index is 10.8. The summed E-state index contributed by atoms with van der Waals surface area (Å²) in [5, 5.41) is 17.4. The summed E-state index contributed by atoms with van der Waals surface area (Å²) in [6, 6.07) is 1.87. The first-order chi connectivity index (χ1) is 10.1. The van der Waals surface area contributed by atoms with Crippen LogP contribution in [-0.2, 0) is 6.54 Å². The number of hydrazine groups is 1. The number of nitrogens with one attached hydrogen (secondary N) is 1. The molecule has 0 radical (unpaired) electrons. The molecule has 0 fully saturated rings. The van der Waals surface area contributed by atoms with E-state index in [0.29, 0.717) is 16.1 Å². The molecule has 0 bridgehead atoms. The minimum absolute atomic E-state index is 0.203. The minimum atomic E-state index is -0.559. The van der Waals surface area contributed by atoms with Crippen molar-refractivity contribution in [2.75, 3.05) is 5.43 Å². The van der Waals surface area contributed by atoms with E-state index in [1.54, 1.807) is 0 Å². The maximum Gasteiger partial charge on any atom is 0.404 e. The number of thiophene rings is 1. The van der Waals surface area contributed by atoms with Crippen molar-refractivity contribution in [3.05, 3.63) is 38.1 Å². The van der Waals surface area contributed by atoms with Gasteiger partial charge in [-0.2, -0.15) is 4.68 Å². The Bertz CT molecular complexity index is 830. The number of aromatic nitrogens is 4. The summed E-state index contributed by atoms with van der Waals surface area (Å²) in [4.78, 5) is 19.7. The molecule has 3 heterocycles. The van der Waals surface area contributed by atoms with E-state index in [2.05, 4.69) is 36.4 Å². The van der Waals surface area contributed by atoms with Crippen LogP contribution in [-0.4, -0.2) is 24.7 Å². The fraction of sp³-hybridized carbons (Fsp3) is 0.100. The summed E-state index contributed by atoms with van der Waals surface area (Å²) in [5.74, 6) is 6.18. The fourth-order valence-corrected chi connectivity index (χ4v) is 3.06. The van der Waals surface area contributed by atoms with Gasteiger partial charge < -0.3 is 15.5 Å². The molecule has 0 saturated carbocycles. The highest BCUT2D eigenvalue weighted by Gasteiger charge is 2.19. The predicted octanol–water partition coefficient (Wildman–Crippen LogP) is 1.89. The number of halogens is 1. The lowest BCUT2D eigenvalue weighted by Gasteiger charge is -2.03. The van der Waals surface area contributed by atoms with Gasteiger partial charge in [0.2, 0.25) is 0 Å². The highest BCUT2D eigenvalue weighted by molar-refractivity contribution is 9.10. The Labute approximate surface area is 130 Å². The van der Waals surface area contributed by atoms with E-state index in [4.69, 9.17) is 5.84 Å². The van der Waals surface area contributed by atoms with Gasteiger partial charge in [0.15, 0.2) is 11.6 Å². The molecule has 0 atom stereocenters. The van der Waals surface area contributed by atoms with Gasteiger partial charge in [0.05, 0.1) is 16.7 Å². The van der Waals surface area contributed by atoms with Crippen molar-refractivity contribution in [1.29, 1.82) is 0 Å². The number of nitrogens with two attached hydrogens (primary N) is 1. The average molecular weight is 370 g/mol. The van der Waals surface area contributed by atoms with Crippen molar-refractivity contribution in [2.45, 2.75) is 6.54 Å². The lowest BCUT2D eigenvalue weighted by molar-refractivity contribution is -0.390. The van der Waals surface area contributed by atoms with Gasteiger partial charge >= 0.3 is 5.82 Å². The third-order valence-corrected chi connectivity index (χ3v) is 4.05. The Morgan fingerprint density at radius 3 is 3.00 bits per heavy atom. The second-order valence-electron chi connectivity index (χ2n) is 4.03. The summed E-state index contributed by atoms with van der Waals surface area (Å²) < 4.78 is 1.71. The second kappa shape index (κ2) is 5.35. The van der Waals surface area contributed by atoms with Gasteiger partial charge in [0.25, 0.3) is 0 Å². The molecule has 0 unspecified atom stereocenters. The summed E-state index contributed by atoms with van der Waals surface area (Å²) >= 11 is 4.56. The van der Waals surface area contributed by atoms with Crippen LogP contribution in [0.4, 0.5) is 11.6 Å². The molecule has 0 amide bonds. The average Bonchev–Trinajstić information content (AvgIpc) is 3.04. The van der Waals surface area contributed by atoms with Crippen LogP contribution < -0.4 is 11.3 Å². The Kier molecular flexibility index (Phi) is 3.53. The van der Waals surface area contributed by atoms with E-state index < -0.39 is 4.92 Å². The fourth-order valence-electron chi connectivity index (χ4n) is 1.82. The number of nitro groups is 1. The van der Waals surface area contributed by atoms with Crippen molar-refractivity contribution in [1.82, 2.24) is 19.7 Å². The molecule has 3 aromatic rings. The molecule has 0 saturated heterocycles. The van der Waals surface area contributed by atoms with E-state index >= 15 is 0 Å². The smallest absolute Gasteiger partial charge is 0.358 e. The third kappa shape index (κ3) is 2.57. The minimum Gasteiger partial charge on any atom is -0.358 e. The van der Waals surface area contributed by atoms with E-state index in [-0.39, 0.29) is 12.4 Å². The predicted molar refractivity (Wildman–Crippen MR) is 80.9 cm³/mol. The van der Waals surface area contributed by atoms with Crippen LogP contribution >= 0.6 is 27.3 Å². The molecule has 0 aromatic carbocycles. The van der Waals surface area contributed by atoms with Crippen LogP contribution in [0.2, 0.25) is 0 Å². The molecule has 108 valence electrons. The maximum atomic E-state index is 10.8. The number of hydrogen-bond donors (Lipinski definition) is 2. The van der Waals surface area contributed by atoms with Gasteiger partial charge in [-0.3, -0.25) is 0 Å². The zero-order chi connectivity index (χ0) is 15.0. The molecule has 9 nitrogen and oxygen atoms in total. The van der Waals surface area contributed by atoms with E-state index in [1.165, 1.54) is 22.2 Å².